The van der Waals surface area contributed by atoms with Crippen LogP contribution in [0.3, 0.4) is 0 Å². The third kappa shape index (κ3) is 6.66. The van der Waals surface area contributed by atoms with Crippen LogP contribution in [0.4, 0.5) is 0 Å². The van der Waals surface area contributed by atoms with Crippen molar-refractivity contribution in [2.45, 2.75) is 26.4 Å². The van der Waals surface area contributed by atoms with Crippen LogP contribution in [0.15, 0.2) is 24.3 Å². The SMILES string of the molecule is CCC(C=O)Oc1ccc(C#N)cc1.CCOC. The highest BCUT2D eigenvalue weighted by atomic mass is 16.5. The molecule has 0 aromatic heterocycles. The Morgan fingerprint density at radius 1 is 1.33 bits per heavy atom. The fourth-order valence-corrected chi connectivity index (χ4v) is 0.990. The Kier molecular flexibility index (Phi) is 9.24. The molecule has 0 saturated carbocycles. The molecule has 0 N–H and O–H groups in total. The molecule has 0 radical (unpaired) electrons. The normalized spacial score (nSPS) is 10.6. The summed E-state index contributed by atoms with van der Waals surface area (Å²) in [6, 6.07) is 8.70. The highest BCUT2D eigenvalue weighted by Gasteiger charge is 2.05. The van der Waals surface area contributed by atoms with Crippen molar-refractivity contribution in [2.24, 2.45) is 0 Å². The number of methoxy groups -OCH3 is 1. The third-order valence-electron chi connectivity index (χ3n) is 2.11. The lowest BCUT2D eigenvalue weighted by Crippen LogP contribution is -2.16. The van der Waals surface area contributed by atoms with E-state index in [0.717, 1.165) is 12.9 Å². The number of hydrogen-bond donors (Lipinski definition) is 0. The van der Waals surface area contributed by atoms with Crippen molar-refractivity contribution in [3.63, 3.8) is 0 Å². The summed E-state index contributed by atoms with van der Waals surface area (Å²) in [6.07, 6.45) is 1.02. The van der Waals surface area contributed by atoms with Crippen LogP contribution in [0.1, 0.15) is 25.8 Å². The van der Waals surface area contributed by atoms with Crippen molar-refractivity contribution in [3.05, 3.63) is 29.8 Å². The zero-order chi connectivity index (χ0) is 13.8. The fourth-order valence-electron chi connectivity index (χ4n) is 0.990. The first-order chi connectivity index (χ1) is 8.71. The molecule has 0 amide bonds. The molecule has 1 atom stereocenters. The minimum atomic E-state index is -0.400. The molecular formula is C14H19NO3. The van der Waals surface area contributed by atoms with Crippen LogP contribution in [0.25, 0.3) is 0 Å². The molecule has 1 unspecified atom stereocenters. The van der Waals surface area contributed by atoms with Crippen molar-refractivity contribution < 1.29 is 14.3 Å². The molecule has 0 bridgehead atoms. The van der Waals surface area contributed by atoms with Gasteiger partial charge in [-0.15, -0.1) is 0 Å². The van der Waals surface area contributed by atoms with Crippen LogP contribution in [-0.2, 0) is 9.53 Å². The Morgan fingerprint density at radius 3 is 2.22 bits per heavy atom. The number of nitrogens with zero attached hydrogens (tertiary/aromatic N) is 1. The number of carbonyl (C=O) groups is 1. The average molecular weight is 249 g/mol. The van der Waals surface area contributed by atoms with Gasteiger partial charge in [-0.2, -0.15) is 5.26 Å². The maximum absolute atomic E-state index is 10.5. The van der Waals surface area contributed by atoms with E-state index in [9.17, 15) is 4.79 Å². The van der Waals surface area contributed by atoms with Crippen LogP contribution in [0.5, 0.6) is 5.75 Å². The maximum Gasteiger partial charge on any atom is 0.160 e. The standard InChI is InChI=1S/C11H11NO2.C3H8O/c1-2-10(8-13)14-11-5-3-9(7-12)4-6-11;1-3-4-2/h3-6,8,10H,2H2,1H3;3H2,1-2H3. The van der Waals surface area contributed by atoms with Crippen LogP contribution < -0.4 is 4.74 Å². The molecule has 0 saturated heterocycles. The van der Waals surface area contributed by atoms with E-state index in [1.54, 1.807) is 31.4 Å². The van der Waals surface area contributed by atoms with Crippen LogP contribution in [0.2, 0.25) is 0 Å². The monoisotopic (exact) mass is 249 g/mol. The number of hydrogen-bond acceptors (Lipinski definition) is 4. The second-order valence-corrected chi connectivity index (χ2v) is 3.41. The molecule has 98 valence electrons. The van der Waals surface area contributed by atoms with Gasteiger partial charge in [0.2, 0.25) is 0 Å². The number of rotatable bonds is 5. The minimum absolute atomic E-state index is 0.400. The van der Waals surface area contributed by atoms with Gasteiger partial charge in [0.1, 0.15) is 5.75 Å². The average Bonchev–Trinajstić information content (AvgIpc) is 2.45. The topological polar surface area (TPSA) is 59.3 Å². The van der Waals surface area contributed by atoms with E-state index in [1.165, 1.54) is 0 Å². The van der Waals surface area contributed by atoms with Gasteiger partial charge >= 0.3 is 0 Å². The number of benzene rings is 1. The second kappa shape index (κ2) is 10.3. The van der Waals surface area contributed by atoms with Gasteiger partial charge in [-0.3, -0.25) is 4.79 Å². The first-order valence-electron chi connectivity index (χ1n) is 5.82. The maximum atomic E-state index is 10.5. The van der Waals surface area contributed by atoms with E-state index in [4.69, 9.17) is 10.00 Å². The van der Waals surface area contributed by atoms with Gasteiger partial charge < -0.3 is 9.47 Å². The lowest BCUT2D eigenvalue weighted by Gasteiger charge is -2.10. The van der Waals surface area contributed by atoms with Gasteiger partial charge in [0, 0.05) is 13.7 Å². The molecule has 18 heavy (non-hydrogen) atoms. The molecule has 0 aliphatic heterocycles. The Hall–Kier alpha value is -1.86. The van der Waals surface area contributed by atoms with Crippen LogP contribution in [0, 0.1) is 11.3 Å². The Labute approximate surface area is 108 Å². The van der Waals surface area contributed by atoms with E-state index in [2.05, 4.69) is 4.74 Å². The molecule has 0 spiro atoms. The number of ether oxygens (including phenoxy) is 2. The smallest absolute Gasteiger partial charge is 0.160 e. The van der Waals surface area contributed by atoms with Gasteiger partial charge in [0.05, 0.1) is 11.6 Å². The Balaban J connectivity index is 0.000000631. The predicted octanol–water partition coefficient (Wildman–Crippen LogP) is 2.57. The summed E-state index contributed by atoms with van der Waals surface area (Å²) in [4.78, 5) is 10.5. The zero-order valence-electron chi connectivity index (χ0n) is 11.1. The summed E-state index contributed by atoms with van der Waals surface area (Å²) in [7, 11) is 1.68. The summed E-state index contributed by atoms with van der Waals surface area (Å²) < 4.78 is 9.88. The van der Waals surface area contributed by atoms with E-state index in [1.807, 2.05) is 19.9 Å². The lowest BCUT2D eigenvalue weighted by molar-refractivity contribution is -0.113. The molecular weight excluding hydrogens is 230 g/mol. The number of nitriles is 1. The van der Waals surface area contributed by atoms with Crippen molar-refractivity contribution in [3.8, 4) is 11.8 Å². The molecule has 0 aliphatic rings. The second-order valence-electron chi connectivity index (χ2n) is 3.41. The van der Waals surface area contributed by atoms with Gasteiger partial charge in [-0.25, -0.2) is 0 Å². The van der Waals surface area contributed by atoms with Crippen LogP contribution >= 0.6 is 0 Å². The largest absolute Gasteiger partial charge is 0.483 e. The summed E-state index contributed by atoms with van der Waals surface area (Å²) in [5, 5.41) is 8.56. The predicted molar refractivity (Wildman–Crippen MR) is 69.5 cm³/mol. The van der Waals surface area contributed by atoms with Gasteiger partial charge in [-0.1, -0.05) is 6.92 Å². The highest BCUT2D eigenvalue weighted by molar-refractivity contribution is 5.56. The number of aldehydes is 1. The molecule has 1 aromatic rings. The van der Waals surface area contributed by atoms with Crippen molar-refractivity contribution in [1.82, 2.24) is 0 Å². The van der Waals surface area contributed by atoms with E-state index >= 15 is 0 Å². The first kappa shape index (κ1) is 16.1. The molecule has 0 fully saturated rings. The zero-order valence-corrected chi connectivity index (χ0v) is 11.1. The van der Waals surface area contributed by atoms with Crippen LogP contribution in [-0.4, -0.2) is 26.1 Å². The van der Waals surface area contributed by atoms with Crippen molar-refractivity contribution in [2.75, 3.05) is 13.7 Å². The molecule has 0 heterocycles. The van der Waals surface area contributed by atoms with E-state index < -0.39 is 6.10 Å². The summed E-state index contributed by atoms with van der Waals surface area (Å²) in [6.45, 7) is 4.66. The van der Waals surface area contributed by atoms with E-state index in [0.29, 0.717) is 17.7 Å². The summed E-state index contributed by atoms with van der Waals surface area (Å²) in [5.74, 6) is 0.614. The van der Waals surface area contributed by atoms with E-state index in [-0.39, 0.29) is 0 Å². The fraction of sp³-hybridized carbons (Fsp3) is 0.429. The minimum Gasteiger partial charge on any atom is -0.483 e. The first-order valence-corrected chi connectivity index (χ1v) is 5.82. The molecule has 1 rings (SSSR count). The summed E-state index contributed by atoms with van der Waals surface area (Å²) in [5.41, 5.74) is 0.580. The molecule has 0 aliphatic carbocycles. The molecule has 4 nitrogen and oxygen atoms in total. The number of carbonyl (C=O) groups excluding carboxylic acids is 1. The van der Waals surface area contributed by atoms with Gasteiger partial charge in [0.15, 0.2) is 12.4 Å². The third-order valence-corrected chi connectivity index (χ3v) is 2.11. The van der Waals surface area contributed by atoms with Gasteiger partial charge in [-0.05, 0) is 37.6 Å². The summed E-state index contributed by atoms with van der Waals surface area (Å²) >= 11 is 0. The molecule has 4 heteroatoms. The Bertz CT molecular complexity index is 366. The quantitative estimate of drug-likeness (QED) is 0.752. The Morgan fingerprint density at radius 2 is 1.89 bits per heavy atom. The highest BCUT2D eigenvalue weighted by Crippen LogP contribution is 2.13. The molecule has 1 aromatic carbocycles. The van der Waals surface area contributed by atoms with Gasteiger partial charge in [0.25, 0.3) is 0 Å². The lowest BCUT2D eigenvalue weighted by atomic mass is 10.2. The van der Waals surface area contributed by atoms with Crippen molar-refractivity contribution >= 4 is 6.29 Å². The van der Waals surface area contributed by atoms with Crippen molar-refractivity contribution in [1.29, 1.82) is 5.26 Å².